The van der Waals surface area contributed by atoms with Crippen LogP contribution in [0.5, 0.6) is 0 Å². The van der Waals surface area contributed by atoms with E-state index < -0.39 is 6.04 Å². The van der Waals surface area contributed by atoms with Gasteiger partial charge in [0.1, 0.15) is 11.0 Å². The number of aryl methyl sites for hydroxylation is 1. The molecule has 2 aromatic carbocycles. The minimum Gasteiger partial charge on any atom is -0.344 e. The largest absolute Gasteiger partial charge is 0.344 e. The molecule has 6 nitrogen and oxygen atoms in total. The molecule has 0 saturated heterocycles. The van der Waals surface area contributed by atoms with E-state index in [2.05, 4.69) is 20.8 Å². The van der Waals surface area contributed by atoms with Gasteiger partial charge in [-0.05, 0) is 17.9 Å². The van der Waals surface area contributed by atoms with E-state index in [1.165, 1.54) is 11.3 Å². The number of rotatable bonds is 9. The van der Waals surface area contributed by atoms with Gasteiger partial charge in [-0.25, -0.2) is 0 Å². The SMILES string of the molecule is CCC(C)C(NC(=O)CCc1ccccc1)C(=O)Nc1nnc(-c2ccccc2)s1. The molecule has 1 aromatic heterocycles. The zero-order chi connectivity index (χ0) is 21.3. The van der Waals surface area contributed by atoms with Crippen LogP contribution in [0.3, 0.4) is 0 Å². The molecule has 0 spiro atoms. The van der Waals surface area contributed by atoms with Crippen molar-refractivity contribution in [1.82, 2.24) is 15.5 Å². The number of nitrogens with one attached hydrogen (secondary N) is 2. The molecule has 2 amide bonds. The van der Waals surface area contributed by atoms with E-state index >= 15 is 0 Å². The number of benzene rings is 2. The third-order valence-electron chi connectivity index (χ3n) is 4.97. The molecule has 156 valence electrons. The highest BCUT2D eigenvalue weighted by molar-refractivity contribution is 7.18. The maximum atomic E-state index is 12.9. The molecule has 1 heterocycles. The van der Waals surface area contributed by atoms with Crippen LogP contribution in [0.25, 0.3) is 10.6 Å². The van der Waals surface area contributed by atoms with E-state index in [0.29, 0.717) is 18.0 Å². The third-order valence-corrected chi connectivity index (χ3v) is 5.86. The Hall–Kier alpha value is -3.06. The fourth-order valence-electron chi connectivity index (χ4n) is 3.00. The van der Waals surface area contributed by atoms with Gasteiger partial charge in [0.15, 0.2) is 0 Å². The van der Waals surface area contributed by atoms with Gasteiger partial charge in [0.2, 0.25) is 16.9 Å². The Morgan fingerprint density at radius 2 is 1.67 bits per heavy atom. The lowest BCUT2D eigenvalue weighted by Gasteiger charge is -2.23. The lowest BCUT2D eigenvalue weighted by atomic mass is 9.98. The van der Waals surface area contributed by atoms with Crippen LogP contribution in [-0.2, 0) is 16.0 Å². The van der Waals surface area contributed by atoms with Crippen LogP contribution in [0.15, 0.2) is 60.7 Å². The molecule has 0 bridgehead atoms. The predicted molar refractivity (Wildman–Crippen MR) is 120 cm³/mol. The van der Waals surface area contributed by atoms with Gasteiger partial charge in [-0.2, -0.15) is 0 Å². The van der Waals surface area contributed by atoms with Crippen molar-refractivity contribution in [2.24, 2.45) is 5.92 Å². The summed E-state index contributed by atoms with van der Waals surface area (Å²) in [6.45, 7) is 3.96. The molecule has 30 heavy (non-hydrogen) atoms. The van der Waals surface area contributed by atoms with Crippen LogP contribution >= 0.6 is 11.3 Å². The number of nitrogens with zero attached hydrogens (tertiary/aromatic N) is 2. The first-order valence-electron chi connectivity index (χ1n) is 10.1. The first-order valence-corrected chi connectivity index (χ1v) is 10.9. The van der Waals surface area contributed by atoms with E-state index in [4.69, 9.17) is 0 Å². The Bertz CT molecular complexity index is 960. The van der Waals surface area contributed by atoms with Gasteiger partial charge in [-0.1, -0.05) is 92.3 Å². The smallest absolute Gasteiger partial charge is 0.249 e. The number of anilines is 1. The van der Waals surface area contributed by atoms with Gasteiger partial charge in [-0.3, -0.25) is 14.9 Å². The number of carbonyl (C=O) groups is 2. The van der Waals surface area contributed by atoms with Crippen LogP contribution < -0.4 is 10.6 Å². The van der Waals surface area contributed by atoms with Crippen LogP contribution in [-0.4, -0.2) is 28.1 Å². The van der Waals surface area contributed by atoms with Crippen molar-refractivity contribution in [3.05, 3.63) is 66.2 Å². The Kier molecular flexibility index (Phi) is 7.68. The molecule has 0 aliphatic rings. The molecule has 0 saturated carbocycles. The predicted octanol–water partition coefficient (Wildman–Crippen LogP) is 4.31. The van der Waals surface area contributed by atoms with E-state index in [0.717, 1.165) is 22.6 Å². The minimum absolute atomic E-state index is 0.00723. The Labute approximate surface area is 180 Å². The average molecular weight is 423 g/mol. The fourth-order valence-corrected chi connectivity index (χ4v) is 3.76. The second-order valence-corrected chi connectivity index (χ2v) is 8.16. The van der Waals surface area contributed by atoms with Crippen LogP contribution in [0.1, 0.15) is 32.3 Å². The molecular weight excluding hydrogens is 396 g/mol. The molecule has 2 atom stereocenters. The van der Waals surface area contributed by atoms with Gasteiger partial charge >= 0.3 is 0 Å². The lowest BCUT2D eigenvalue weighted by molar-refractivity contribution is -0.127. The van der Waals surface area contributed by atoms with Gasteiger partial charge < -0.3 is 5.32 Å². The average Bonchev–Trinajstić information content (AvgIpc) is 3.25. The molecule has 2 N–H and O–H groups in total. The zero-order valence-electron chi connectivity index (χ0n) is 17.2. The standard InChI is InChI=1S/C23H26N4O2S/c1-3-16(2)20(24-19(28)15-14-17-10-6-4-7-11-17)21(29)25-23-27-26-22(30-23)18-12-8-5-9-13-18/h4-13,16,20H,3,14-15H2,1-2H3,(H,24,28)(H,25,27,29). The lowest BCUT2D eigenvalue weighted by Crippen LogP contribution is -2.47. The molecular formula is C23H26N4O2S. The van der Waals surface area contributed by atoms with Crippen molar-refractivity contribution >= 4 is 28.3 Å². The van der Waals surface area contributed by atoms with Gasteiger partial charge in [0.05, 0.1) is 0 Å². The van der Waals surface area contributed by atoms with Crippen molar-refractivity contribution in [1.29, 1.82) is 0 Å². The molecule has 2 unspecified atom stereocenters. The van der Waals surface area contributed by atoms with Gasteiger partial charge in [0.25, 0.3) is 0 Å². The van der Waals surface area contributed by atoms with E-state index in [1.807, 2.05) is 74.5 Å². The summed E-state index contributed by atoms with van der Waals surface area (Å²) in [4.78, 5) is 25.4. The molecule has 0 aliphatic carbocycles. The fraction of sp³-hybridized carbons (Fsp3) is 0.304. The Balaban J connectivity index is 1.61. The Morgan fingerprint density at radius 1 is 1.00 bits per heavy atom. The third kappa shape index (κ3) is 5.97. The van der Waals surface area contributed by atoms with E-state index in [-0.39, 0.29) is 17.7 Å². The van der Waals surface area contributed by atoms with Crippen molar-refractivity contribution in [2.75, 3.05) is 5.32 Å². The Morgan fingerprint density at radius 3 is 2.33 bits per heavy atom. The molecule has 0 fully saturated rings. The number of hydrogen-bond donors (Lipinski definition) is 2. The highest BCUT2D eigenvalue weighted by atomic mass is 32.1. The number of carbonyl (C=O) groups excluding carboxylic acids is 2. The zero-order valence-corrected chi connectivity index (χ0v) is 18.0. The van der Waals surface area contributed by atoms with Crippen LogP contribution in [0.2, 0.25) is 0 Å². The second-order valence-electron chi connectivity index (χ2n) is 7.18. The quantitative estimate of drug-likeness (QED) is 0.538. The van der Waals surface area contributed by atoms with Crippen LogP contribution in [0.4, 0.5) is 5.13 Å². The van der Waals surface area contributed by atoms with Crippen molar-refractivity contribution in [3.63, 3.8) is 0 Å². The van der Waals surface area contributed by atoms with Gasteiger partial charge in [-0.15, -0.1) is 10.2 Å². The minimum atomic E-state index is -0.623. The molecule has 3 rings (SSSR count). The van der Waals surface area contributed by atoms with Gasteiger partial charge in [0, 0.05) is 12.0 Å². The van der Waals surface area contributed by atoms with Crippen LogP contribution in [0, 0.1) is 5.92 Å². The summed E-state index contributed by atoms with van der Waals surface area (Å²) in [7, 11) is 0. The monoisotopic (exact) mass is 422 g/mol. The first kappa shape index (κ1) is 21.6. The number of aromatic nitrogens is 2. The highest BCUT2D eigenvalue weighted by Gasteiger charge is 2.26. The highest BCUT2D eigenvalue weighted by Crippen LogP contribution is 2.26. The maximum absolute atomic E-state index is 12.9. The summed E-state index contributed by atoms with van der Waals surface area (Å²) in [5.41, 5.74) is 2.04. The molecule has 7 heteroatoms. The summed E-state index contributed by atoms with van der Waals surface area (Å²) < 4.78 is 0. The summed E-state index contributed by atoms with van der Waals surface area (Å²) in [5, 5.41) is 15.1. The van der Waals surface area contributed by atoms with Crippen molar-refractivity contribution in [2.45, 2.75) is 39.2 Å². The normalized spacial score (nSPS) is 12.7. The summed E-state index contributed by atoms with van der Waals surface area (Å²) in [6.07, 6.45) is 1.74. The number of hydrogen-bond acceptors (Lipinski definition) is 5. The second kappa shape index (κ2) is 10.6. The first-order chi connectivity index (χ1) is 14.6. The topological polar surface area (TPSA) is 84.0 Å². The van der Waals surface area contributed by atoms with E-state index in [9.17, 15) is 9.59 Å². The van der Waals surface area contributed by atoms with Crippen molar-refractivity contribution < 1.29 is 9.59 Å². The summed E-state index contributed by atoms with van der Waals surface area (Å²) >= 11 is 1.31. The number of amides is 2. The summed E-state index contributed by atoms with van der Waals surface area (Å²) in [5.74, 6) is -0.415. The molecule has 0 aliphatic heterocycles. The van der Waals surface area contributed by atoms with E-state index in [1.54, 1.807) is 0 Å². The maximum Gasteiger partial charge on any atom is 0.249 e. The molecule has 0 radical (unpaired) electrons. The van der Waals surface area contributed by atoms with Crippen molar-refractivity contribution in [3.8, 4) is 10.6 Å². The molecule has 3 aromatic rings. The summed E-state index contributed by atoms with van der Waals surface area (Å²) in [6, 6.07) is 18.9.